The van der Waals surface area contributed by atoms with Gasteiger partial charge in [0, 0.05) is 37.4 Å². The average molecular weight is 304 g/mol. The number of nitrogens with zero attached hydrogens (tertiary/aromatic N) is 3. The Morgan fingerprint density at radius 2 is 2.00 bits per heavy atom. The fraction of sp³-hybridized carbons (Fsp3) is 0.765. The molecule has 0 radical (unpaired) electrons. The summed E-state index contributed by atoms with van der Waals surface area (Å²) in [6, 6.07) is 0.0319. The lowest BCUT2D eigenvalue weighted by molar-refractivity contribution is -0.137. The minimum atomic E-state index is 0.0125. The number of fused-ring (bicyclic) bond motifs is 1. The van der Waals surface area contributed by atoms with Crippen LogP contribution in [0.15, 0.2) is 6.20 Å². The zero-order valence-electron chi connectivity index (χ0n) is 13.6. The summed E-state index contributed by atoms with van der Waals surface area (Å²) >= 11 is 0. The maximum Gasteiger partial charge on any atom is 0.227 e. The van der Waals surface area contributed by atoms with Crippen LogP contribution in [0.4, 0.5) is 0 Å². The number of hydrogen-bond acceptors (Lipinski definition) is 3. The third kappa shape index (κ3) is 3.19. The van der Waals surface area contributed by atoms with E-state index in [4.69, 9.17) is 5.73 Å². The molecule has 2 unspecified atom stereocenters. The Kier molecular flexibility index (Phi) is 4.81. The second-order valence-corrected chi connectivity index (χ2v) is 6.87. The topological polar surface area (TPSA) is 64.2 Å². The minimum Gasteiger partial charge on any atom is -0.338 e. The van der Waals surface area contributed by atoms with Crippen molar-refractivity contribution in [2.45, 2.75) is 64.0 Å². The summed E-state index contributed by atoms with van der Waals surface area (Å²) in [5, 5.41) is 4.34. The van der Waals surface area contributed by atoms with Crippen LogP contribution in [0.5, 0.6) is 0 Å². The van der Waals surface area contributed by atoms with E-state index in [1.165, 1.54) is 24.1 Å². The van der Waals surface area contributed by atoms with E-state index >= 15 is 0 Å². The third-order valence-corrected chi connectivity index (χ3v) is 5.30. The molecule has 0 spiro atoms. The van der Waals surface area contributed by atoms with Crippen molar-refractivity contribution in [3.8, 4) is 0 Å². The zero-order valence-corrected chi connectivity index (χ0v) is 13.6. The molecule has 1 saturated carbocycles. The van der Waals surface area contributed by atoms with Gasteiger partial charge in [-0.1, -0.05) is 25.7 Å². The Hall–Kier alpha value is -1.36. The lowest BCUT2D eigenvalue weighted by Crippen LogP contribution is -2.44. The maximum absolute atomic E-state index is 13.0. The van der Waals surface area contributed by atoms with Crippen molar-refractivity contribution in [3.05, 3.63) is 17.5 Å². The highest BCUT2D eigenvalue weighted by Gasteiger charge is 2.31. The molecule has 5 heteroatoms. The molecule has 1 amide bonds. The molecule has 1 aromatic rings. The summed E-state index contributed by atoms with van der Waals surface area (Å²) in [4.78, 5) is 15.0. The SMILES string of the molecule is Cn1ncc2c1CCCN(C(=O)C1CCCCCCC1N)C2. The van der Waals surface area contributed by atoms with Crippen LogP contribution >= 0.6 is 0 Å². The lowest BCUT2D eigenvalue weighted by Gasteiger charge is -2.31. The molecular formula is C17H28N4O. The normalized spacial score (nSPS) is 26.7. The van der Waals surface area contributed by atoms with Gasteiger partial charge in [-0.3, -0.25) is 9.48 Å². The smallest absolute Gasteiger partial charge is 0.227 e. The number of amides is 1. The Morgan fingerprint density at radius 3 is 2.82 bits per heavy atom. The molecule has 1 fully saturated rings. The molecule has 0 saturated heterocycles. The van der Waals surface area contributed by atoms with Gasteiger partial charge in [-0.15, -0.1) is 0 Å². The van der Waals surface area contributed by atoms with Crippen molar-refractivity contribution in [3.63, 3.8) is 0 Å². The Morgan fingerprint density at radius 1 is 1.23 bits per heavy atom. The Labute approximate surface area is 132 Å². The summed E-state index contributed by atoms with van der Waals surface area (Å²) in [6.45, 7) is 1.54. The van der Waals surface area contributed by atoms with Crippen molar-refractivity contribution >= 4 is 5.91 Å². The molecule has 0 aromatic carbocycles. The van der Waals surface area contributed by atoms with Crippen LogP contribution < -0.4 is 5.73 Å². The predicted molar refractivity (Wildman–Crippen MR) is 86.1 cm³/mol. The summed E-state index contributed by atoms with van der Waals surface area (Å²) < 4.78 is 1.95. The van der Waals surface area contributed by atoms with E-state index < -0.39 is 0 Å². The van der Waals surface area contributed by atoms with Gasteiger partial charge in [0.25, 0.3) is 0 Å². The minimum absolute atomic E-state index is 0.0125. The largest absolute Gasteiger partial charge is 0.338 e. The van der Waals surface area contributed by atoms with Gasteiger partial charge >= 0.3 is 0 Å². The first-order chi connectivity index (χ1) is 10.7. The monoisotopic (exact) mass is 304 g/mol. The van der Waals surface area contributed by atoms with Crippen LogP contribution in [0.3, 0.4) is 0 Å². The molecule has 0 bridgehead atoms. The van der Waals surface area contributed by atoms with Crippen molar-refractivity contribution in [2.75, 3.05) is 6.54 Å². The molecule has 2 atom stereocenters. The maximum atomic E-state index is 13.0. The van der Waals surface area contributed by atoms with Crippen LogP contribution in [0.2, 0.25) is 0 Å². The van der Waals surface area contributed by atoms with Gasteiger partial charge in [0.1, 0.15) is 0 Å². The van der Waals surface area contributed by atoms with Crippen molar-refractivity contribution in [1.29, 1.82) is 0 Å². The number of carbonyl (C=O) groups excluding carboxylic acids is 1. The van der Waals surface area contributed by atoms with Crippen LogP contribution in [0, 0.1) is 5.92 Å². The highest BCUT2D eigenvalue weighted by atomic mass is 16.2. The van der Waals surface area contributed by atoms with Gasteiger partial charge in [-0.05, 0) is 25.7 Å². The number of aromatic nitrogens is 2. The van der Waals surface area contributed by atoms with Crippen molar-refractivity contribution in [1.82, 2.24) is 14.7 Å². The fourth-order valence-electron chi connectivity index (χ4n) is 3.93. The molecule has 22 heavy (non-hydrogen) atoms. The van der Waals surface area contributed by atoms with E-state index in [0.29, 0.717) is 6.54 Å². The number of carbonyl (C=O) groups is 1. The van der Waals surface area contributed by atoms with E-state index in [9.17, 15) is 4.79 Å². The van der Waals surface area contributed by atoms with Gasteiger partial charge in [0.15, 0.2) is 0 Å². The summed E-state index contributed by atoms with van der Waals surface area (Å²) in [5.41, 5.74) is 8.81. The average Bonchev–Trinajstić information content (AvgIpc) is 2.72. The standard InChI is InChI=1S/C17H28N4O/c1-20-16-9-6-10-21(12-13(16)11-19-20)17(22)14-7-4-2-3-5-8-15(14)18/h11,14-15H,2-10,12,18H2,1H3. The highest BCUT2D eigenvalue weighted by molar-refractivity contribution is 5.79. The van der Waals surface area contributed by atoms with Gasteiger partial charge in [-0.2, -0.15) is 5.10 Å². The first-order valence-corrected chi connectivity index (χ1v) is 8.71. The molecular weight excluding hydrogens is 276 g/mol. The van der Waals surface area contributed by atoms with E-state index in [-0.39, 0.29) is 17.9 Å². The second kappa shape index (κ2) is 6.82. The van der Waals surface area contributed by atoms with Gasteiger partial charge < -0.3 is 10.6 Å². The number of hydrogen-bond donors (Lipinski definition) is 1. The third-order valence-electron chi connectivity index (χ3n) is 5.30. The molecule has 3 rings (SSSR count). The fourth-order valence-corrected chi connectivity index (χ4v) is 3.93. The number of rotatable bonds is 1. The van der Waals surface area contributed by atoms with Crippen LogP contribution in [0.1, 0.15) is 56.2 Å². The Bertz CT molecular complexity index is 525. The molecule has 2 aliphatic rings. The molecule has 2 N–H and O–H groups in total. The van der Waals surface area contributed by atoms with E-state index in [1.54, 1.807) is 0 Å². The first kappa shape index (κ1) is 15.5. The van der Waals surface area contributed by atoms with Gasteiger partial charge in [-0.25, -0.2) is 0 Å². The van der Waals surface area contributed by atoms with Crippen LogP contribution in [-0.2, 0) is 24.8 Å². The van der Waals surface area contributed by atoms with E-state index in [0.717, 1.165) is 45.1 Å². The predicted octanol–water partition coefficient (Wildman–Crippen LogP) is 1.99. The summed E-state index contributed by atoms with van der Waals surface area (Å²) in [5.74, 6) is 0.282. The van der Waals surface area contributed by atoms with Crippen LogP contribution in [-0.4, -0.2) is 33.2 Å². The summed E-state index contributed by atoms with van der Waals surface area (Å²) in [7, 11) is 1.99. The molecule has 5 nitrogen and oxygen atoms in total. The van der Waals surface area contributed by atoms with Gasteiger partial charge in [0.05, 0.1) is 12.1 Å². The summed E-state index contributed by atoms with van der Waals surface area (Å²) in [6.07, 6.45) is 10.7. The lowest BCUT2D eigenvalue weighted by atomic mass is 9.86. The number of aryl methyl sites for hydroxylation is 1. The Balaban J connectivity index is 1.73. The molecule has 2 heterocycles. The molecule has 1 aromatic heterocycles. The first-order valence-electron chi connectivity index (χ1n) is 8.71. The van der Waals surface area contributed by atoms with Crippen molar-refractivity contribution in [2.24, 2.45) is 18.7 Å². The number of nitrogens with two attached hydrogens (primary N) is 1. The van der Waals surface area contributed by atoms with Crippen LogP contribution in [0.25, 0.3) is 0 Å². The molecule has 122 valence electrons. The second-order valence-electron chi connectivity index (χ2n) is 6.87. The van der Waals surface area contributed by atoms with Gasteiger partial charge in [0.2, 0.25) is 5.91 Å². The zero-order chi connectivity index (χ0) is 15.5. The quantitative estimate of drug-likeness (QED) is 0.863. The van der Waals surface area contributed by atoms with Crippen molar-refractivity contribution < 1.29 is 4.79 Å². The molecule has 1 aliphatic carbocycles. The molecule has 1 aliphatic heterocycles. The highest BCUT2D eigenvalue weighted by Crippen LogP contribution is 2.26. The van der Waals surface area contributed by atoms with E-state index in [2.05, 4.69) is 5.10 Å². The van der Waals surface area contributed by atoms with E-state index in [1.807, 2.05) is 22.8 Å².